The molecule has 2 fully saturated rings. The average molecular weight is 568 g/mol. The molecule has 2 spiro atoms. The molecule has 9 nitrogen and oxygen atoms in total. The molecule has 4 aliphatic heterocycles. The first kappa shape index (κ1) is 26.5. The molecular weight excluding hydrogens is 534 g/mol. The summed E-state index contributed by atoms with van der Waals surface area (Å²) < 4.78 is 16.7. The number of hydrogen-bond acceptors (Lipinski definition) is 7. The normalized spacial score (nSPS) is 27.0. The number of carbonyl (C=O) groups is 3. The van der Waals surface area contributed by atoms with E-state index in [1.807, 2.05) is 42.5 Å². The molecule has 0 saturated carbocycles. The maximum atomic E-state index is 15.0. The van der Waals surface area contributed by atoms with Crippen LogP contribution in [0.25, 0.3) is 0 Å². The van der Waals surface area contributed by atoms with Crippen LogP contribution in [0.15, 0.2) is 54.6 Å². The van der Waals surface area contributed by atoms with Crippen LogP contribution >= 0.6 is 0 Å². The lowest BCUT2D eigenvalue weighted by Crippen LogP contribution is -2.62. The van der Waals surface area contributed by atoms with Crippen molar-refractivity contribution in [2.24, 2.45) is 5.92 Å². The van der Waals surface area contributed by atoms with Crippen LogP contribution < -0.4 is 24.8 Å². The topological polar surface area (TPSA) is 106 Å². The van der Waals surface area contributed by atoms with Crippen molar-refractivity contribution in [3.05, 3.63) is 76.9 Å². The first-order valence-corrected chi connectivity index (χ1v) is 14.3. The van der Waals surface area contributed by atoms with Crippen LogP contribution in [0.2, 0.25) is 0 Å². The number of rotatable bonds is 6. The van der Waals surface area contributed by atoms with Gasteiger partial charge >= 0.3 is 0 Å². The van der Waals surface area contributed by atoms with E-state index in [-0.39, 0.29) is 23.6 Å². The second-order valence-corrected chi connectivity index (χ2v) is 11.4. The summed E-state index contributed by atoms with van der Waals surface area (Å²) in [5, 5.41) is 6.20. The highest BCUT2D eigenvalue weighted by Crippen LogP contribution is 2.68. The maximum absolute atomic E-state index is 15.0. The van der Waals surface area contributed by atoms with Gasteiger partial charge in [-0.2, -0.15) is 0 Å². The van der Waals surface area contributed by atoms with Crippen LogP contribution in [0.4, 0.5) is 11.4 Å². The molecule has 4 atom stereocenters. The molecule has 3 aromatic rings. The number of benzene rings is 3. The number of ether oxygens (including phenoxy) is 3. The number of nitrogens with zero attached hydrogens (tertiary/aromatic N) is 1. The number of para-hydroxylation sites is 1. The third-order valence-corrected chi connectivity index (χ3v) is 9.80. The lowest BCUT2D eigenvalue weighted by molar-refractivity contribution is -0.137. The molecule has 2 saturated heterocycles. The summed E-state index contributed by atoms with van der Waals surface area (Å²) in [7, 11) is 4.51. The number of ketones is 1. The summed E-state index contributed by atoms with van der Waals surface area (Å²) >= 11 is 0. The van der Waals surface area contributed by atoms with Gasteiger partial charge in [-0.25, -0.2) is 0 Å². The van der Waals surface area contributed by atoms with Crippen molar-refractivity contribution >= 4 is 29.0 Å². The Morgan fingerprint density at radius 3 is 2.29 bits per heavy atom. The van der Waals surface area contributed by atoms with Crippen LogP contribution in [0.1, 0.15) is 46.8 Å². The van der Waals surface area contributed by atoms with Crippen molar-refractivity contribution in [3.63, 3.8) is 0 Å². The van der Waals surface area contributed by atoms with Gasteiger partial charge in [-0.1, -0.05) is 37.3 Å². The predicted molar refractivity (Wildman–Crippen MR) is 157 cm³/mol. The minimum absolute atomic E-state index is 0.247. The van der Waals surface area contributed by atoms with E-state index in [0.29, 0.717) is 52.7 Å². The zero-order valence-corrected chi connectivity index (χ0v) is 24.1. The fourth-order valence-corrected chi connectivity index (χ4v) is 8.25. The summed E-state index contributed by atoms with van der Waals surface area (Å²) in [5.74, 6) is -0.664. The molecule has 0 radical (unpaired) electrons. The van der Waals surface area contributed by atoms with Crippen molar-refractivity contribution in [2.45, 2.75) is 43.2 Å². The Morgan fingerprint density at radius 1 is 0.905 bits per heavy atom. The Hall–Kier alpha value is -4.37. The second-order valence-electron chi connectivity index (χ2n) is 11.4. The van der Waals surface area contributed by atoms with E-state index in [1.54, 1.807) is 12.1 Å². The monoisotopic (exact) mass is 567 g/mol. The standard InChI is InChI=1S/C33H33N3O6/c1-5-18-12-13-23-21(15-18)33(31(39)35-23)32(20-9-6-7-10-22(20)34-30(32)38)27(24-11-8-14-36(24)33)28(37)19-16-25(40-2)29(42-4)26(17-19)41-3/h6-7,9-10,12-13,15-17,24,27H,5,8,11,14H2,1-4H3,(H,34,38)(H,35,39)/t24-,27+,32+,33-/m1/s1. The van der Waals surface area contributed by atoms with Crippen LogP contribution in [0, 0.1) is 5.92 Å². The summed E-state index contributed by atoms with van der Waals surface area (Å²) in [5.41, 5.74) is 1.18. The van der Waals surface area contributed by atoms with E-state index in [9.17, 15) is 9.59 Å². The number of Topliss-reactive ketones (excluding diaryl/α,β-unsaturated/α-hetero) is 1. The molecule has 2 N–H and O–H groups in total. The number of fused-ring (bicyclic) bond motifs is 7. The van der Waals surface area contributed by atoms with Gasteiger partial charge in [-0.3, -0.25) is 19.3 Å². The highest BCUT2D eigenvalue weighted by Gasteiger charge is 2.81. The molecule has 4 aliphatic rings. The predicted octanol–water partition coefficient (Wildman–Crippen LogP) is 4.29. The van der Waals surface area contributed by atoms with Crippen LogP contribution in [-0.2, 0) is 27.0 Å². The van der Waals surface area contributed by atoms with Gasteiger partial charge in [0.1, 0.15) is 11.0 Å². The lowest BCUT2D eigenvalue weighted by atomic mass is 9.57. The molecule has 0 aliphatic carbocycles. The lowest BCUT2D eigenvalue weighted by Gasteiger charge is -2.43. The van der Waals surface area contributed by atoms with E-state index in [1.165, 1.54) is 21.3 Å². The molecule has 216 valence electrons. The summed E-state index contributed by atoms with van der Waals surface area (Å²) in [6.45, 7) is 2.65. The molecule has 3 aromatic carbocycles. The smallest absolute Gasteiger partial charge is 0.251 e. The fraction of sp³-hybridized carbons (Fsp3) is 0.364. The number of aryl methyl sites for hydroxylation is 1. The van der Waals surface area contributed by atoms with Crippen LogP contribution in [0.5, 0.6) is 17.2 Å². The first-order valence-electron chi connectivity index (χ1n) is 14.3. The van der Waals surface area contributed by atoms with Crippen LogP contribution in [0.3, 0.4) is 0 Å². The van der Waals surface area contributed by atoms with Gasteiger partial charge < -0.3 is 24.8 Å². The Morgan fingerprint density at radius 2 is 1.60 bits per heavy atom. The van der Waals surface area contributed by atoms with Gasteiger partial charge in [0, 0.05) is 28.5 Å². The van der Waals surface area contributed by atoms with Gasteiger partial charge in [-0.05, 0) is 61.2 Å². The number of amides is 2. The number of anilines is 2. The van der Waals surface area contributed by atoms with Gasteiger partial charge in [-0.15, -0.1) is 0 Å². The molecule has 0 unspecified atom stereocenters. The Bertz CT molecular complexity index is 1640. The second kappa shape index (κ2) is 9.32. The zero-order chi connectivity index (χ0) is 29.4. The van der Waals surface area contributed by atoms with Crippen molar-refractivity contribution in [2.75, 3.05) is 38.5 Å². The maximum Gasteiger partial charge on any atom is 0.251 e. The van der Waals surface area contributed by atoms with E-state index in [2.05, 4.69) is 22.5 Å². The van der Waals surface area contributed by atoms with Gasteiger partial charge in [0.15, 0.2) is 17.3 Å². The van der Waals surface area contributed by atoms with Crippen molar-refractivity contribution in [3.8, 4) is 17.2 Å². The minimum Gasteiger partial charge on any atom is -0.493 e. The Kier molecular flexibility index (Phi) is 5.89. The van der Waals surface area contributed by atoms with E-state index < -0.39 is 16.9 Å². The van der Waals surface area contributed by atoms with Gasteiger partial charge in [0.2, 0.25) is 11.7 Å². The number of methoxy groups -OCH3 is 3. The number of hydrogen-bond donors (Lipinski definition) is 2. The van der Waals surface area contributed by atoms with E-state index >= 15 is 4.79 Å². The molecule has 7 rings (SSSR count). The van der Waals surface area contributed by atoms with Crippen molar-refractivity contribution < 1.29 is 28.6 Å². The van der Waals surface area contributed by atoms with Crippen molar-refractivity contribution in [1.82, 2.24) is 4.90 Å². The molecule has 9 heteroatoms. The SMILES string of the molecule is CCc1ccc2c(c1)[C@]1(C(=O)N2)N2CCC[C@@H]2[C@@H](C(=O)c2cc(OC)c(OC)c(OC)c2)[C@@]12C(=O)Nc1ccccc12. The fourth-order valence-electron chi connectivity index (χ4n) is 8.25. The third kappa shape index (κ3) is 3.04. The zero-order valence-electron chi connectivity index (χ0n) is 24.1. The van der Waals surface area contributed by atoms with Crippen molar-refractivity contribution in [1.29, 1.82) is 0 Å². The average Bonchev–Trinajstić information content (AvgIpc) is 3.74. The molecule has 42 heavy (non-hydrogen) atoms. The molecule has 4 heterocycles. The largest absolute Gasteiger partial charge is 0.493 e. The highest BCUT2D eigenvalue weighted by molar-refractivity contribution is 6.21. The number of carbonyl (C=O) groups excluding carboxylic acids is 3. The number of nitrogens with one attached hydrogen (secondary N) is 2. The van der Waals surface area contributed by atoms with Gasteiger partial charge in [0.25, 0.3) is 5.91 Å². The Labute approximate surface area is 244 Å². The summed E-state index contributed by atoms with van der Waals surface area (Å²) in [6.07, 6.45) is 2.25. The van der Waals surface area contributed by atoms with Crippen LogP contribution in [-0.4, -0.2) is 56.4 Å². The molecule has 0 bridgehead atoms. The summed E-state index contributed by atoms with van der Waals surface area (Å²) in [6, 6.07) is 16.4. The molecule has 2 amide bonds. The van der Waals surface area contributed by atoms with E-state index in [4.69, 9.17) is 14.2 Å². The molecular formula is C33H33N3O6. The summed E-state index contributed by atoms with van der Waals surface area (Å²) in [4.78, 5) is 46.5. The molecule has 0 aromatic heterocycles. The third-order valence-electron chi connectivity index (χ3n) is 9.80. The van der Waals surface area contributed by atoms with E-state index in [0.717, 1.165) is 24.0 Å². The first-order chi connectivity index (χ1) is 20.4. The highest BCUT2D eigenvalue weighted by atomic mass is 16.5. The Balaban J connectivity index is 1.55. The van der Waals surface area contributed by atoms with Gasteiger partial charge in [0.05, 0.1) is 27.2 Å². The quantitative estimate of drug-likeness (QED) is 0.428. The minimum atomic E-state index is -1.52.